The average molecular weight is 206 g/mol. The van der Waals surface area contributed by atoms with E-state index in [9.17, 15) is 0 Å². The van der Waals surface area contributed by atoms with Crippen molar-refractivity contribution in [3.05, 3.63) is 23.1 Å². The number of nitrogens with zero attached hydrogens (tertiary/aromatic N) is 4. The Labute approximate surface area is 85.9 Å². The summed E-state index contributed by atoms with van der Waals surface area (Å²) in [6.07, 6.45) is 4.07. The van der Waals surface area contributed by atoms with Crippen molar-refractivity contribution >= 4 is 17.4 Å². The fourth-order valence-electron chi connectivity index (χ4n) is 1.11. The summed E-state index contributed by atoms with van der Waals surface area (Å²) >= 11 is 1.66. The zero-order valence-corrected chi connectivity index (χ0v) is 8.82. The number of hydrogen-bond donors (Lipinski definition) is 0. The lowest BCUT2D eigenvalue weighted by Gasteiger charge is -1.84. The fraction of sp³-hybridized carbons (Fsp3) is 0.222. The molecular formula is C9H10N4S. The minimum absolute atomic E-state index is 0.688. The van der Waals surface area contributed by atoms with Crippen molar-refractivity contribution in [1.29, 1.82) is 0 Å². The van der Waals surface area contributed by atoms with Crippen LogP contribution in [0.1, 0.15) is 11.8 Å². The molecule has 2 aromatic heterocycles. The summed E-state index contributed by atoms with van der Waals surface area (Å²) in [5.74, 6) is 0.688. The van der Waals surface area contributed by atoms with Crippen LogP contribution >= 0.6 is 11.3 Å². The predicted octanol–water partition coefficient (Wildman–Crippen LogP) is 1.97. The van der Waals surface area contributed by atoms with E-state index in [0.717, 1.165) is 4.88 Å². The smallest absolute Gasteiger partial charge is 0.167 e. The molecule has 5 heteroatoms. The molecule has 72 valence electrons. The largest absolute Gasteiger partial charge is 0.214 e. The number of aromatic nitrogens is 4. The number of rotatable bonds is 2. The van der Waals surface area contributed by atoms with E-state index in [1.165, 1.54) is 9.67 Å². The number of tetrazole rings is 1. The summed E-state index contributed by atoms with van der Waals surface area (Å²) in [5.41, 5.74) is 0. The van der Waals surface area contributed by atoms with Crippen LogP contribution in [0.5, 0.6) is 0 Å². The van der Waals surface area contributed by atoms with Crippen LogP contribution in [0.2, 0.25) is 0 Å². The third-order valence-corrected chi connectivity index (χ3v) is 2.73. The molecule has 0 radical (unpaired) electrons. The van der Waals surface area contributed by atoms with Gasteiger partial charge in [0.2, 0.25) is 5.82 Å². The molecule has 2 aromatic rings. The third-order valence-electron chi connectivity index (χ3n) is 1.69. The van der Waals surface area contributed by atoms with Crippen molar-refractivity contribution in [2.45, 2.75) is 6.92 Å². The van der Waals surface area contributed by atoms with Gasteiger partial charge in [-0.3, -0.25) is 0 Å². The minimum atomic E-state index is 0.688. The van der Waals surface area contributed by atoms with Gasteiger partial charge >= 0.3 is 0 Å². The van der Waals surface area contributed by atoms with E-state index in [0.29, 0.717) is 5.82 Å². The lowest BCUT2D eigenvalue weighted by atomic mass is 10.4. The second kappa shape index (κ2) is 3.71. The van der Waals surface area contributed by atoms with E-state index >= 15 is 0 Å². The Bertz CT molecular complexity index is 455. The summed E-state index contributed by atoms with van der Waals surface area (Å²) in [4.78, 5) is 3.71. The highest BCUT2D eigenvalue weighted by atomic mass is 32.1. The normalized spacial score (nSPS) is 11.3. The molecule has 0 bridgehead atoms. The summed E-state index contributed by atoms with van der Waals surface area (Å²) in [7, 11) is 1.76. The standard InChI is InChI=1S/C9H10N4S/c1-3-4-7-5-6-8(14-7)9-10-12-13(2)11-9/h3-6H,1-2H3. The van der Waals surface area contributed by atoms with Gasteiger partial charge in [-0.1, -0.05) is 6.08 Å². The van der Waals surface area contributed by atoms with E-state index in [1.54, 1.807) is 18.4 Å². The molecule has 0 aromatic carbocycles. The molecule has 0 aliphatic carbocycles. The van der Waals surface area contributed by atoms with Crippen LogP contribution in [-0.2, 0) is 7.05 Å². The first-order chi connectivity index (χ1) is 6.79. The first kappa shape index (κ1) is 9.08. The zero-order valence-electron chi connectivity index (χ0n) is 8.01. The fourth-order valence-corrected chi connectivity index (χ4v) is 2.01. The van der Waals surface area contributed by atoms with Gasteiger partial charge in [-0.2, -0.15) is 4.80 Å². The lowest BCUT2D eigenvalue weighted by molar-refractivity contribution is 0.630. The monoisotopic (exact) mass is 206 g/mol. The van der Waals surface area contributed by atoms with Crippen LogP contribution in [0, 0.1) is 0 Å². The van der Waals surface area contributed by atoms with E-state index in [4.69, 9.17) is 0 Å². The first-order valence-corrected chi connectivity index (χ1v) is 5.08. The van der Waals surface area contributed by atoms with Crippen LogP contribution in [0.25, 0.3) is 16.8 Å². The summed E-state index contributed by atoms with van der Waals surface area (Å²) in [5, 5.41) is 11.9. The van der Waals surface area contributed by atoms with Gasteiger partial charge < -0.3 is 0 Å². The topological polar surface area (TPSA) is 43.6 Å². The molecule has 0 amide bonds. The average Bonchev–Trinajstić information content (AvgIpc) is 2.74. The molecule has 0 saturated carbocycles. The predicted molar refractivity (Wildman–Crippen MR) is 56.8 cm³/mol. The van der Waals surface area contributed by atoms with Crippen LogP contribution in [0.15, 0.2) is 18.2 Å². The highest BCUT2D eigenvalue weighted by Gasteiger charge is 2.06. The Hall–Kier alpha value is -1.49. The molecule has 0 aliphatic heterocycles. The SMILES string of the molecule is CC=Cc1ccc(-c2nnn(C)n2)s1. The zero-order chi connectivity index (χ0) is 9.97. The van der Waals surface area contributed by atoms with Gasteiger partial charge in [0.1, 0.15) is 0 Å². The number of thiophene rings is 1. The number of hydrogen-bond acceptors (Lipinski definition) is 4. The van der Waals surface area contributed by atoms with Crippen molar-refractivity contribution < 1.29 is 0 Å². The Morgan fingerprint density at radius 3 is 2.93 bits per heavy atom. The maximum absolute atomic E-state index is 4.14. The molecule has 14 heavy (non-hydrogen) atoms. The Kier molecular flexibility index (Phi) is 2.41. The quantitative estimate of drug-likeness (QED) is 0.754. The Balaban J connectivity index is 2.33. The van der Waals surface area contributed by atoms with Crippen molar-refractivity contribution in [1.82, 2.24) is 20.2 Å². The molecule has 0 unspecified atom stereocenters. The lowest BCUT2D eigenvalue weighted by Crippen LogP contribution is -1.91. The van der Waals surface area contributed by atoms with Crippen LogP contribution in [0.3, 0.4) is 0 Å². The molecule has 0 spiro atoms. The molecule has 2 heterocycles. The molecule has 4 nitrogen and oxygen atoms in total. The van der Waals surface area contributed by atoms with Crippen LogP contribution < -0.4 is 0 Å². The molecule has 0 aliphatic rings. The third kappa shape index (κ3) is 1.72. The molecule has 2 rings (SSSR count). The first-order valence-electron chi connectivity index (χ1n) is 4.26. The van der Waals surface area contributed by atoms with Gasteiger partial charge in [-0.25, -0.2) is 0 Å². The van der Waals surface area contributed by atoms with E-state index < -0.39 is 0 Å². The van der Waals surface area contributed by atoms with E-state index in [-0.39, 0.29) is 0 Å². The number of allylic oxidation sites excluding steroid dienone is 1. The second-order valence-corrected chi connectivity index (χ2v) is 3.92. The summed E-state index contributed by atoms with van der Waals surface area (Å²) in [6.45, 7) is 2.00. The van der Waals surface area contributed by atoms with Crippen molar-refractivity contribution in [3.63, 3.8) is 0 Å². The number of aryl methyl sites for hydroxylation is 1. The van der Waals surface area contributed by atoms with Crippen molar-refractivity contribution in [3.8, 4) is 10.7 Å². The van der Waals surface area contributed by atoms with Gasteiger partial charge in [-0.15, -0.1) is 21.5 Å². The minimum Gasteiger partial charge on any atom is -0.167 e. The van der Waals surface area contributed by atoms with Crippen molar-refractivity contribution in [2.75, 3.05) is 0 Å². The maximum atomic E-state index is 4.14. The molecule has 0 saturated heterocycles. The van der Waals surface area contributed by atoms with Gasteiger partial charge in [0.25, 0.3) is 0 Å². The van der Waals surface area contributed by atoms with E-state index in [1.807, 2.05) is 19.1 Å². The summed E-state index contributed by atoms with van der Waals surface area (Å²) < 4.78 is 0. The van der Waals surface area contributed by atoms with Crippen molar-refractivity contribution in [2.24, 2.45) is 7.05 Å². The highest BCUT2D eigenvalue weighted by molar-refractivity contribution is 7.16. The molecule has 0 atom stereocenters. The molecule has 0 fully saturated rings. The Morgan fingerprint density at radius 1 is 1.43 bits per heavy atom. The molecule has 0 N–H and O–H groups in total. The van der Waals surface area contributed by atoms with Crippen LogP contribution in [-0.4, -0.2) is 20.2 Å². The van der Waals surface area contributed by atoms with Gasteiger partial charge in [-0.05, 0) is 30.3 Å². The Morgan fingerprint density at radius 2 is 2.29 bits per heavy atom. The second-order valence-electron chi connectivity index (χ2n) is 2.80. The molecular weight excluding hydrogens is 196 g/mol. The van der Waals surface area contributed by atoms with Crippen LogP contribution in [0.4, 0.5) is 0 Å². The van der Waals surface area contributed by atoms with Gasteiger partial charge in [0.05, 0.1) is 11.9 Å². The van der Waals surface area contributed by atoms with E-state index in [2.05, 4.69) is 27.6 Å². The summed E-state index contributed by atoms with van der Waals surface area (Å²) in [6, 6.07) is 4.06. The van der Waals surface area contributed by atoms with Gasteiger partial charge in [0, 0.05) is 4.88 Å². The maximum Gasteiger partial charge on any atom is 0.214 e. The highest BCUT2D eigenvalue weighted by Crippen LogP contribution is 2.25. The van der Waals surface area contributed by atoms with Gasteiger partial charge in [0.15, 0.2) is 0 Å².